The molecule has 1 nitrogen and oxygen atoms in total. The van der Waals surface area contributed by atoms with E-state index in [4.69, 9.17) is 12.8 Å². The van der Waals surface area contributed by atoms with E-state index in [0.29, 0.717) is 11.8 Å². The van der Waals surface area contributed by atoms with Gasteiger partial charge in [0.05, 0.1) is 0 Å². The van der Waals surface area contributed by atoms with E-state index in [2.05, 4.69) is 66.8 Å². The van der Waals surface area contributed by atoms with Crippen molar-refractivity contribution in [3.63, 3.8) is 0 Å². The van der Waals surface area contributed by atoms with Crippen molar-refractivity contribution in [2.24, 2.45) is 0 Å². The fourth-order valence-electron chi connectivity index (χ4n) is 2.74. The molecule has 0 spiro atoms. The van der Waals surface area contributed by atoms with Gasteiger partial charge in [0.1, 0.15) is 0 Å². The first-order valence-electron chi connectivity index (χ1n) is 8.51. The Bertz CT molecular complexity index is 996. The Balaban J connectivity index is 2.64. The van der Waals surface area contributed by atoms with Crippen LogP contribution in [0.3, 0.4) is 0 Å². The van der Waals surface area contributed by atoms with Gasteiger partial charge >= 0.3 is 168 Å². The third-order valence-corrected chi connectivity index (χ3v) is 4.64. The quantitative estimate of drug-likeness (QED) is 0.431. The van der Waals surface area contributed by atoms with Crippen molar-refractivity contribution in [1.29, 1.82) is 0 Å². The molecule has 0 heterocycles. The van der Waals surface area contributed by atoms with E-state index in [9.17, 15) is 0 Å². The molecule has 0 saturated carbocycles. The van der Waals surface area contributed by atoms with Gasteiger partial charge < -0.3 is 0 Å². The Morgan fingerprint density at radius 3 is 1.88 bits per heavy atom. The topological polar surface area (TPSA) is 4.36 Å². The zero-order valence-corrected chi connectivity index (χ0v) is 17.6. The first-order valence-corrected chi connectivity index (χ1v) is 9.41. The van der Waals surface area contributed by atoms with E-state index in [1.807, 2.05) is 18.2 Å². The second-order valence-corrected chi connectivity index (χ2v) is 7.15. The fraction of sp³-hybridized carbons (Fsp3) is 0.250. The summed E-state index contributed by atoms with van der Waals surface area (Å²) < 4.78 is 4.54. The molecule has 0 bridgehead atoms. The molecule has 0 radical (unpaired) electrons. The van der Waals surface area contributed by atoms with E-state index in [-0.39, 0.29) is 0 Å². The van der Waals surface area contributed by atoms with Gasteiger partial charge in [0, 0.05) is 0 Å². The average molecular weight is 419 g/mol. The monoisotopic (exact) mass is 421 g/mol. The molecule has 127 valence electrons. The van der Waals surface area contributed by atoms with Gasteiger partial charge in [-0.3, -0.25) is 0 Å². The number of rotatable bonds is 2. The summed E-state index contributed by atoms with van der Waals surface area (Å²) >= 11 is 1.77. The van der Waals surface area contributed by atoms with Crippen molar-refractivity contribution in [3.8, 4) is 36.5 Å². The first kappa shape index (κ1) is 19.8. The molecule has 2 aromatic rings. The van der Waals surface area contributed by atoms with Crippen LogP contribution in [0.2, 0.25) is 0 Å². The maximum atomic E-state index is 5.60. The molecule has 0 saturated heterocycles. The maximum absolute atomic E-state index is 5.60. The van der Waals surface area contributed by atoms with Crippen LogP contribution in [0.25, 0.3) is 3.31 Å². The molecule has 26 heavy (non-hydrogen) atoms. The molecule has 0 amide bonds. The van der Waals surface area contributed by atoms with Crippen molar-refractivity contribution >= 4 is 5.69 Å². The summed E-state index contributed by atoms with van der Waals surface area (Å²) in [6.45, 7) is 8.72. The first-order chi connectivity index (χ1) is 12.4. The number of terminal acetylenes is 2. The molecule has 0 N–H and O–H groups in total. The van der Waals surface area contributed by atoms with E-state index < -0.39 is 0 Å². The van der Waals surface area contributed by atoms with E-state index >= 15 is 0 Å². The molecule has 2 heteroatoms. The fourth-order valence-corrected chi connectivity index (χ4v) is 3.26. The zero-order valence-electron chi connectivity index (χ0n) is 15.6. The van der Waals surface area contributed by atoms with E-state index in [0.717, 1.165) is 27.9 Å². The molecule has 2 aromatic carbocycles. The molecule has 0 aliphatic carbocycles. The van der Waals surface area contributed by atoms with Gasteiger partial charge in [-0.15, -0.1) is 0 Å². The minimum atomic E-state index is 0.376. The standard InChI is InChI=1S/C24H21N.Mo/c1-7-18-9-11-20(8-2)21(13-18)12-10-19-14-22(16(3)4)24(25)23(15-19)17(5)6;/h1-2,9,11,13-17H,3-6H3;/q+1;. The molecule has 0 aromatic heterocycles. The van der Waals surface area contributed by atoms with Crippen LogP contribution in [0.5, 0.6) is 0 Å². The third-order valence-electron chi connectivity index (χ3n) is 4.19. The van der Waals surface area contributed by atoms with E-state index in [1.54, 1.807) is 19.4 Å². The van der Waals surface area contributed by atoms with Crippen molar-refractivity contribution in [1.82, 2.24) is 0 Å². The Hall–Kier alpha value is -2.48. The van der Waals surface area contributed by atoms with Gasteiger partial charge in [-0.25, -0.2) is 0 Å². The number of hydrogen-bond acceptors (Lipinski definition) is 0. The van der Waals surface area contributed by atoms with Crippen LogP contribution in [0.4, 0.5) is 5.69 Å². The Morgan fingerprint density at radius 2 is 1.42 bits per heavy atom. The minimum absolute atomic E-state index is 0.376. The van der Waals surface area contributed by atoms with Crippen molar-refractivity contribution in [2.45, 2.75) is 39.5 Å². The van der Waals surface area contributed by atoms with Crippen molar-refractivity contribution in [2.75, 3.05) is 0 Å². The molecule has 0 unspecified atom stereocenters. The van der Waals surface area contributed by atoms with Gasteiger partial charge in [-0.05, 0) is 0 Å². The predicted octanol–water partition coefficient (Wildman–Crippen LogP) is 5.76. The van der Waals surface area contributed by atoms with Gasteiger partial charge in [-0.2, -0.15) is 0 Å². The van der Waals surface area contributed by atoms with Crippen LogP contribution in [0.15, 0.2) is 30.3 Å². The summed E-state index contributed by atoms with van der Waals surface area (Å²) in [6.07, 6.45) is 11.1. The second kappa shape index (κ2) is 8.75. The molecule has 0 atom stereocenters. The number of nitrogens with zero attached hydrogens (tertiary/aromatic N) is 1. The SMILES string of the molecule is C#Cc1ccc(C#C)c(C#Cc2cc(C(C)C)c([N+]#[Mo])c(C(C)C)c2)c1. The zero-order chi connectivity index (χ0) is 19.3. The summed E-state index contributed by atoms with van der Waals surface area (Å²) in [5, 5.41) is 0. The van der Waals surface area contributed by atoms with Crippen LogP contribution in [0.1, 0.15) is 72.9 Å². The molecule has 2 rings (SSSR count). The van der Waals surface area contributed by atoms with Crippen LogP contribution in [-0.4, -0.2) is 0 Å². The van der Waals surface area contributed by atoms with Crippen LogP contribution >= 0.6 is 0 Å². The summed E-state index contributed by atoms with van der Waals surface area (Å²) in [5.74, 6) is 12.5. The summed E-state index contributed by atoms with van der Waals surface area (Å²) in [5.41, 5.74) is 6.82. The predicted molar refractivity (Wildman–Crippen MR) is 106 cm³/mol. The molecule has 0 fully saturated rings. The van der Waals surface area contributed by atoms with Crippen molar-refractivity contribution < 1.29 is 19.4 Å². The molecular weight excluding hydrogens is 398 g/mol. The summed E-state index contributed by atoms with van der Waals surface area (Å²) in [7, 11) is 0. The van der Waals surface area contributed by atoms with Gasteiger partial charge in [0.15, 0.2) is 0 Å². The Kier molecular flexibility index (Phi) is 6.68. The molecule has 0 aliphatic heterocycles. The van der Waals surface area contributed by atoms with Gasteiger partial charge in [-0.1, -0.05) is 0 Å². The van der Waals surface area contributed by atoms with Crippen LogP contribution < -0.4 is 0 Å². The number of hydrogen-bond donors (Lipinski definition) is 0. The van der Waals surface area contributed by atoms with Gasteiger partial charge in [0.25, 0.3) is 0 Å². The Morgan fingerprint density at radius 1 is 0.808 bits per heavy atom. The normalized spacial score (nSPS) is 9.81. The summed E-state index contributed by atoms with van der Waals surface area (Å²) in [6, 6.07) is 9.82. The van der Waals surface area contributed by atoms with Crippen LogP contribution in [0, 0.1) is 36.5 Å². The van der Waals surface area contributed by atoms with Crippen molar-refractivity contribution in [3.05, 3.63) is 67.0 Å². The Labute approximate surface area is 168 Å². The third kappa shape index (κ3) is 4.37. The van der Waals surface area contributed by atoms with E-state index in [1.165, 1.54) is 11.1 Å². The van der Waals surface area contributed by atoms with Crippen LogP contribution in [-0.2, 0) is 19.4 Å². The number of benzene rings is 2. The van der Waals surface area contributed by atoms with Gasteiger partial charge in [0.2, 0.25) is 0 Å². The average Bonchev–Trinajstić information content (AvgIpc) is 2.64. The molecular formula is C24H21MoN+. The molecule has 0 aliphatic rings. The summed E-state index contributed by atoms with van der Waals surface area (Å²) in [4.78, 5) is 0. The second-order valence-electron chi connectivity index (χ2n) is 6.70.